The summed E-state index contributed by atoms with van der Waals surface area (Å²) in [5.41, 5.74) is -0.00376. The number of carboxylic acid groups (broad SMARTS) is 1. The number of rotatable bonds is 5. The van der Waals surface area contributed by atoms with Crippen molar-refractivity contribution < 1.29 is 19.1 Å². The largest absolute Gasteiger partial charge is 0.478 e. The van der Waals surface area contributed by atoms with Gasteiger partial charge in [0.15, 0.2) is 5.76 Å². The van der Waals surface area contributed by atoms with Crippen LogP contribution in [0.4, 0.5) is 0 Å². The Hall–Kier alpha value is -1.78. The molecule has 0 atom stereocenters. The molecule has 5 nitrogen and oxygen atoms in total. The van der Waals surface area contributed by atoms with Gasteiger partial charge < -0.3 is 14.8 Å². The molecule has 0 saturated heterocycles. The molecule has 1 saturated carbocycles. The topological polar surface area (TPSA) is 79.5 Å². The first-order valence-corrected chi connectivity index (χ1v) is 6.27. The molecule has 2 rings (SSSR count). The fourth-order valence-electron chi connectivity index (χ4n) is 2.34. The van der Waals surface area contributed by atoms with Gasteiger partial charge in [-0.1, -0.05) is 25.7 Å². The molecule has 1 amide bonds. The normalized spacial score (nSPS) is 15.8. The Labute approximate surface area is 105 Å². The summed E-state index contributed by atoms with van der Waals surface area (Å²) in [6.45, 7) is 0.618. The molecule has 0 radical (unpaired) electrons. The van der Waals surface area contributed by atoms with Crippen LogP contribution in [0, 0.1) is 5.92 Å². The van der Waals surface area contributed by atoms with E-state index in [4.69, 9.17) is 9.52 Å². The van der Waals surface area contributed by atoms with Gasteiger partial charge in [0.05, 0.1) is 5.56 Å². The summed E-state index contributed by atoms with van der Waals surface area (Å²) >= 11 is 0. The second-order valence-electron chi connectivity index (χ2n) is 4.70. The average Bonchev–Trinajstić information content (AvgIpc) is 2.99. The number of carbonyl (C=O) groups is 2. The van der Waals surface area contributed by atoms with Crippen LogP contribution < -0.4 is 5.32 Å². The van der Waals surface area contributed by atoms with Gasteiger partial charge in [0.1, 0.15) is 6.26 Å². The fraction of sp³-hybridized carbons (Fsp3) is 0.538. The first-order chi connectivity index (χ1) is 8.66. The Bertz CT molecular complexity index is 432. The minimum atomic E-state index is -1.09. The highest BCUT2D eigenvalue weighted by Gasteiger charge is 2.17. The lowest BCUT2D eigenvalue weighted by Gasteiger charge is -2.08. The van der Waals surface area contributed by atoms with Gasteiger partial charge in [0.2, 0.25) is 0 Å². The molecule has 1 aliphatic carbocycles. The molecule has 0 bridgehead atoms. The van der Waals surface area contributed by atoms with Gasteiger partial charge in [-0.05, 0) is 12.3 Å². The van der Waals surface area contributed by atoms with E-state index < -0.39 is 5.97 Å². The molecular formula is C13H17NO4. The van der Waals surface area contributed by atoms with Gasteiger partial charge in [-0.15, -0.1) is 0 Å². The zero-order valence-corrected chi connectivity index (χ0v) is 10.1. The number of carbonyl (C=O) groups excluding carboxylic acids is 1. The number of hydrogen-bond donors (Lipinski definition) is 2. The Balaban J connectivity index is 1.77. The van der Waals surface area contributed by atoms with E-state index in [9.17, 15) is 9.59 Å². The van der Waals surface area contributed by atoms with Crippen LogP contribution in [0.15, 0.2) is 16.7 Å². The van der Waals surface area contributed by atoms with E-state index in [1.54, 1.807) is 0 Å². The van der Waals surface area contributed by atoms with Crippen molar-refractivity contribution in [3.8, 4) is 0 Å². The lowest BCUT2D eigenvalue weighted by Crippen LogP contribution is -2.25. The van der Waals surface area contributed by atoms with Crippen LogP contribution in [-0.2, 0) is 0 Å². The van der Waals surface area contributed by atoms with Crippen molar-refractivity contribution >= 4 is 11.9 Å². The first kappa shape index (κ1) is 12.7. The van der Waals surface area contributed by atoms with Crippen LogP contribution in [-0.4, -0.2) is 23.5 Å². The van der Waals surface area contributed by atoms with Crippen LogP contribution >= 0.6 is 0 Å². The molecule has 1 aliphatic rings. The highest BCUT2D eigenvalue weighted by Crippen LogP contribution is 2.26. The highest BCUT2D eigenvalue weighted by molar-refractivity contribution is 5.95. The van der Waals surface area contributed by atoms with Gasteiger partial charge in [-0.3, -0.25) is 4.79 Å². The number of nitrogens with one attached hydrogen (secondary N) is 1. The Morgan fingerprint density at radius 1 is 1.39 bits per heavy atom. The molecule has 1 fully saturated rings. The smallest absolute Gasteiger partial charge is 0.338 e. The Morgan fingerprint density at radius 2 is 2.11 bits per heavy atom. The van der Waals surface area contributed by atoms with Crippen LogP contribution in [0.5, 0.6) is 0 Å². The first-order valence-electron chi connectivity index (χ1n) is 6.27. The zero-order valence-electron chi connectivity index (χ0n) is 10.1. The zero-order chi connectivity index (χ0) is 13.0. The molecule has 1 aromatic heterocycles. The van der Waals surface area contributed by atoms with E-state index in [1.165, 1.54) is 31.7 Å². The van der Waals surface area contributed by atoms with Gasteiger partial charge in [0.25, 0.3) is 5.91 Å². The second kappa shape index (κ2) is 5.71. The maximum absolute atomic E-state index is 11.7. The number of furan rings is 1. The Morgan fingerprint density at radius 3 is 2.72 bits per heavy atom. The quantitative estimate of drug-likeness (QED) is 0.841. The summed E-state index contributed by atoms with van der Waals surface area (Å²) in [6, 6.07) is 1.24. The molecule has 5 heteroatoms. The summed E-state index contributed by atoms with van der Waals surface area (Å²) in [5.74, 6) is -0.667. The summed E-state index contributed by atoms with van der Waals surface area (Å²) in [7, 11) is 0. The second-order valence-corrected chi connectivity index (χ2v) is 4.70. The average molecular weight is 251 g/mol. The summed E-state index contributed by atoms with van der Waals surface area (Å²) < 4.78 is 4.92. The third-order valence-electron chi connectivity index (χ3n) is 3.38. The van der Waals surface area contributed by atoms with E-state index in [0.29, 0.717) is 6.54 Å². The molecule has 1 aromatic rings. The molecule has 18 heavy (non-hydrogen) atoms. The molecule has 0 unspecified atom stereocenters. The molecule has 0 aromatic carbocycles. The van der Waals surface area contributed by atoms with Crippen molar-refractivity contribution in [2.75, 3.05) is 6.54 Å². The maximum atomic E-state index is 11.7. The van der Waals surface area contributed by atoms with E-state index in [2.05, 4.69) is 5.32 Å². The van der Waals surface area contributed by atoms with Gasteiger partial charge in [-0.25, -0.2) is 4.79 Å². The lowest BCUT2D eigenvalue weighted by atomic mass is 10.0. The van der Waals surface area contributed by atoms with Gasteiger partial charge in [0, 0.05) is 12.6 Å². The van der Waals surface area contributed by atoms with E-state index in [0.717, 1.165) is 18.6 Å². The molecule has 1 heterocycles. The molecule has 98 valence electrons. The van der Waals surface area contributed by atoms with E-state index in [1.807, 2.05) is 0 Å². The summed E-state index contributed by atoms with van der Waals surface area (Å²) in [5, 5.41) is 11.5. The van der Waals surface area contributed by atoms with Gasteiger partial charge >= 0.3 is 5.97 Å². The predicted molar refractivity (Wildman–Crippen MR) is 64.6 cm³/mol. The van der Waals surface area contributed by atoms with Crippen LogP contribution in [0.2, 0.25) is 0 Å². The molecular weight excluding hydrogens is 234 g/mol. The molecule has 2 N–H and O–H groups in total. The van der Waals surface area contributed by atoms with Crippen LogP contribution in [0.1, 0.15) is 53.0 Å². The predicted octanol–water partition coefficient (Wildman–Crippen LogP) is 2.29. The SMILES string of the molecule is O=C(O)c1coc(C(=O)NCCC2CCCC2)c1. The fourth-order valence-corrected chi connectivity index (χ4v) is 2.34. The maximum Gasteiger partial charge on any atom is 0.338 e. The van der Waals surface area contributed by atoms with Crippen molar-refractivity contribution in [2.24, 2.45) is 5.92 Å². The van der Waals surface area contributed by atoms with Crippen LogP contribution in [0.25, 0.3) is 0 Å². The van der Waals surface area contributed by atoms with E-state index in [-0.39, 0.29) is 17.2 Å². The number of carboxylic acids is 1. The van der Waals surface area contributed by atoms with E-state index >= 15 is 0 Å². The number of amides is 1. The standard InChI is InChI=1S/C13H17NO4/c15-12(11-7-10(8-18-11)13(16)17)14-6-5-9-3-1-2-4-9/h7-9H,1-6H2,(H,14,15)(H,16,17). The third-order valence-corrected chi connectivity index (χ3v) is 3.38. The summed E-state index contributed by atoms with van der Waals surface area (Å²) in [4.78, 5) is 22.3. The number of aromatic carboxylic acids is 1. The summed E-state index contributed by atoms with van der Waals surface area (Å²) in [6.07, 6.45) is 7.14. The molecule has 0 spiro atoms. The van der Waals surface area contributed by atoms with Crippen molar-refractivity contribution in [1.82, 2.24) is 5.32 Å². The van der Waals surface area contributed by atoms with Crippen LogP contribution in [0.3, 0.4) is 0 Å². The van der Waals surface area contributed by atoms with Crippen molar-refractivity contribution in [2.45, 2.75) is 32.1 Å². The van der Waals surface area contributed by atoms with Crippen molar-refractivity contribution in [3.63, 3.8) is 0 Å². The third kappa shape index (κ3) is 3.12. The molecule has 0 aliphatic heterocycles. The monoisotopic (exact) mass is 251 g/mol. The minimum Gasteiger partial charge on any atom is -0.478 e. The minimum absolute atomic E-state index is 0.00376. The van der Waals surface area contributed by atoms with Crippen molar-refractivity contribution in [3.05, 3.63) is 23.7 Å². The number of hydrogen-bond acceptors (Lipinski definition) is 3. The Kier molecular flexibility index (Phi) is 4.02. The lowest BCUT2D eigenvalue weighted by molar-refractivity contribution is 0.0696. The highest BCUT2D eigenvalue weighted by atomic mass is 16.4. The van der Waals surface area contributed by atoms with Crippen molar-refractivity contribution in [1.29, 1.82) is 0 Å². The van der Waals surface area contributed by atoms with Gasteiger partial charge in [-0.2, -0.15) is 0 Å².